The molecule has 3 aliphatic rings. The molecule has 2 nitrogen and oxygen atoms in total. The van der Waals surface area contributed by atoms with Crippen LogP contribution in [0.5, 0.6) is 0 Å². The number of nitrogens with zero attached hydrogens (tertiary/aromatic N) is 2. The van der Waals surface area contributed by atoms with Crippen molar-refractivity contribution in [2.75, 3.05) is 6.66 Å². The molecular weight excluding hydrogens is 191 g/mol. The third-order valence-electron chi connectivity index (χ3n) is 2.56. The lowest BCUT2D eigenvalue weighted by molar-refractivity contribution is 0.760. The van der Waals surface area contributed by atoms with Crippen LogP contribution in [0, 0.1) is 0 Å². The molecule has 0 fully saturated rings. The topological polar surface area (TPSA) is 6.48 Å². The van der Waals surface area contributed by atoms with Crippen LogP contribution < -0.4 is 0 Å². The molecule has 70 valence electrons. The van der Waals surface area contributed by atoms with Gasteiger partial charge in [0.15, 0.2) is 0 Å². The Morgan fingerprint density at radius 3 is 1.86 bits per heavy atom. The fraction of sp³-hybridized carbons (Fsp3) is 0.0909. The van der Waals surface area contributed by atoms with Crippen molar-refractivity contribution in [2.45, 2.75) is 0 Å². The summed E-state index contributed by atoms with van der Waals surface area (Å²) < 4.78 is 4.70. The summed E-state index contributed by atoms with van der Waals surface area (Å²) in [6.07, 6.45) is 17.1. The van der Waals surface area contributed by atoms with Gasteiger partial charge in [0.1, 0.15) is 8.22 Å². The summed E-state index contributed by atoms with van der Waals surface area (Å²) in [4.78, 5) is 0. The minimum atomic E-state index is -0.263. The van der Waals surface area contributed by atoms with E-state index in [0.29, 0.717) is 0 Å². The van der Waals surface area contributed by atoms with Crippen molar-refractivity contribution in [1.29, 1.82) is 0 Å². The zero-order chi connectivity index (χ0) is 9.54. The van der Waals surface area contributed by atoms with Gasteiger partial charge in [-0.05, 0) is 31.0 Å². The second-order valence-corrected chi connectivity index (χ2v) is 5.19. The van der Waals surface area contributed by atoms with Crippen LogP contribution in [-0.4, -0.2) is 16.0 Å². The molecular formula is C11H11N2P. The SMILES string of the molecule is CP1N2C=CC=CC2=C2C=CC=CN21. The molecule has 0 spiro atoms. The molecule has 0 bridgehead atoms. The number of hydrogen-bond donors (Lipinski definition) is 0. The summed E-state index contributed by atoms with van der Waals surface area (Å²) in [6, 6.07) is 0. The number of allylic oxidation sites excluding steroid dienone is 6. The summed E-state index contributed by atoms with van der Waals surface area (Å²) in [5.74, 6) is 0. The molecule has 3 rings (SSSR count). The first-order chi connectivity index (χ1) is 6.88. The van der Waals surface area contributed by atoms with Crippen molar-refractivity contribution < 1.29 is 0 Å². The van der Waals surface area contributed by atoms with Crippen LogP contribution in [0.25, 0.3) is 0 Å². The highest BCUT2D eigenvalue weighted by molar-refractivity contribution is 7.52. The van der Waals surface area contributed by atoms with E-state index >= 15 is 0 Å². The van der Waals surface area contributed by atoms with Crippen LogP contribution in [0.2, 0.25) is 0 Å². The lowest BCUT2D eigenvalue weighted by Crippen LogP contribution is -2.09. The van der Waals surface area contributed by atoms with E-state index in [4.69, 9.17) is 0 Å². The first-order valence-electron chi connectivity index (χ1n) is 4.64. The molecule has 0 aromatic rings. The van der Waals surface area contributed by atoms with Gasteiger partial charge in [0.2, 0.25) is 0 Å². The normalized spacial score (nSPS) is 23.5. The van der Waals surface area contributed by atoms with Gasteiger partial charge in [0.25, 0.3) is 0 Å². The fourth-order valence-corrected chi connectivity index (χ4v) is 3.59. The van der Waals surface area contributed by atoms with Crippen LogP contribution in [0.1, 0.15) is 0 Å². The maximum absolute atomic E-state index is 2.35. The molecule has 0 atom stereocenters. The summed E-state index contributed by atoms with van der Waals surface area (Å²) >= 11 is 0. The molecule has 0 aliphatic carbocycles. The quantitative estimate of drug-likeness (QED) is 0.557. The van der Waals surface area contributed by atoms with Gasteiger partial charge in [-0.25, -0.2) is 0 Å². The van der Waals surface area contributed by atoms with Crippen molar-refractivity contribution in [1.82, 2.24) is 9.34 Å². The molecule has 0 saturated carbocycles. The Kier molecular flexibility index (Phi) is 1.65. The standard InChI is InChI=1S/C11H11N2P/c1-14-12-8-4-2-6-10(12)11-7-3-5-9-13(11)14/h2-9H,1H3. The van der Waals surface area contributed by atoms with Gasteiger partial charge in [0.05, 0.1) is 11.4 Å². The van der Waals surface area contributed by atoms with E-state index < -0.39 is 0 Å². The minimum absolute atomic E-state index is 0.263. The molecule has 0 unspecified atom stereocenters. The Bertz CT molecular complexity index is 377. The smallest absolute Gasteiger partial charge is 0.100 e. The van der Waals surface area contributed by atoms with Crippen molar-refractivity contribution >= 4 is 8.22 Å². The zero-order valence-electron chi connectivity index (χ0n) is 7.96. The van der Waals surface area contributed by atoms with E-state index in [1.165, 1.54) is 11.4 Å². The second-order valence-electron chi connectivity index (χ2n) is 3.35. The van der Waals surface area contributed by atoms with E-state index in [9.17, 15) is 0 Å². The Hall–Kier alpha value is -1.27. The Labute approximate surface area is 85.1 Å². The average molecular weight is 202 g/mol. The maximum atomic E-state index is 2.35. The molecule has 0 radical (unpaired) electrons. The fourth-order valence-electron chi connectivity index (χ4n) is 1.88. The van der Waals surface area contributed by atoms with Crippen LogP contribution in [-0.2, 0) is 0 Å². The Balaban J connectivity index is 2.14. The van der Waals surface area contributed by atoms with Crippen molar-refractivity contribution in [2.24, 2.45) is 0 Å². The van der Waals surface area contributed by atoms with E-state index in [0.717, 1.165) is 0 Å². The number of hydrogen-bond acceptors (Lipinski definition) is 2. The lowest BCUT2D eigenvalue weighted by atomic mass is 10.2. The summed E-state index contributed by atoms with van der Waals surface area (Å²) in [6.45, 7) is 2.27. The third kappa shape index (κ3) is 0.948. The second kappa shape index (κ2) is 2.86. The van der Waals surface area contributed by atoms with Crippen molar-refractivity contribution in [3.05, 3.63) is 60.3 Å². The summed E-state index contributed by atoms with van der Waals surface area (Å²) in [7, 11) is -0.263. The largest absolute Gasteiger partial charge is 0.307 e. The van der Waals surface area contributed by atoms with Gasteiger partial charge < -0.3 is 9.34 Å². The molecule has 0 amide bonds. The number of fused-ring (bicyclic) bond motifs is 2. The van der Waals surface area contributed by atoms with Gasteiger partial charge in [0, 0.05) is 12.4 Å². The highest BCUT2D eigenvalue weighted by atomic mass is 31.1. The maximum Gasteiger partial charge on any atom is 0.100 e. The highest BCUT2D eigenvalue weighted by Gasteiger charge is 2.32. The molecule has 0 aromatic heterocycles. The van der Waals surface area contributed by atoms with E-state index in [2.05, 4.69) is 64.9 Å². The van der Waals surface area contributed by atoms with Crippen LogP contribution in [0.15, 0.2) is 60.3 Å². The van der Waals surface area contributed by atoms with Crippen molar-refractivity contribution in [3.8, 4) is 0 Å². The van der Waals surface area contributed by atoms with Gasteiger partial charge in [-0.3, -0.25) is 0 Å². The molecule has 0 N–H and O–H groups in total. The van der Waals surface area contributed by atoms with E-state index in [1.54, 1.807) is 0 Å². The van der Waals surface area contributed by atoms with Gasteiger partial charge in [-0.15, -0.1) is 0 Å². The van der Waals surface area contributed by atoms with Crippen molar-refractivity contribution in [3.63, 3.8) is 0 Å². The summed E-state index contributed by atoms with van der Waals surface area (Å²) in [5.41, 5.74) is 2.64. The molecule has 0 saturated heterocycles. The van der Waals surface area contributed by atoms with Gasteiger partial charge in [-0.1, -0.05) is 12.2 Å². The van der Waals surface area contributed by atoms with Crippen LogP contribution in [0.4, 0.5) is 0 Å². The number of rotatable bonds is 0. The van der Waals surface area contributed by atoms with Crippen LogP contribution >= 0.6 is 8.22 Å². The third-order valence-corrected chi connectivity index (χ3v) is 4.51. The molecule has 3 aliphatic heterocycles. The highest BCUT2D eigenvalue weighted by Crippen LogP contribution is 2.55. The van der Waals surface area contributed by atoms with Gasteiger partial charge in [-0.2, -0.15) is 0 Å². The van der Waals surface area contributed by atoms with Gasteiger partial charge >= 0.3 is 0 Å². The molecule has 3 heteroatoms. The average Bonchev–Trinajstić information content (AvgIpc) is 2.55. The Morgan fingerprint density at radius 1 is 0.857 bits per heavy atom. The Morgan fingerprint density at radius 2 is 1.36 bits per heavy atom. The molecule has 3 heterocycles. The minimum Gasteiger partial charge on any atom is -0.307 e. The van der Waals surface area contributed by atoms with Crippen LogP contribution in [0.3, 0.4) is 0 Å². The predicted molar refractivity (Wildman–Crippen MR) is 60.1 cm³/mol. The zero-order valence-corrected chi connectivity index (χ0v) is 8.85. The van der Waals surface area contributed by atoms with E-state index in [-0.39, 0.29) is 8.22 Å². The predicted octanol–water partition coefficient (Wildman–Crippen LogP) is 2.92. The first kappa shape index (κ1) is 8.07. The first-order valence-corrected chi connectivity index (χ1v) is 6.33. The molecule has 14 heavy (non-hydrogen) atoms. The summed E-state index contributed by atoms with van der Waals surface area (Å²) in [5, 5.41) is 0. The lowest BCUT2D eigenvalue weighted by Gasteiger charge is -2.27. The molecule has 0 aromatic carbocycles. The monoisotopic (exact) mass is 202 g/mol. The van der Waals surface area contributed by atoms with E-state index in [1.807, 2.05) is 0 Å².